The van der Waals surface area contributed by atoms with E-state index in [1.54, 1.807) is 12.4 Å². The summed E-state index contributed by atoms with van der Waals surface area (Å²) in [6, 6.07) is 0.348. The van der Waals surface area contributed by atoms with Crippen molar-refractivity contribution in [1.29, 1.82) is 0 Å². The van der Waals surface area contributed by atoms with Crippen molar-refractivity contribution < 1.29 is 0 Å². The minimum atomic E-state index is 0.348. The molecule has 13 heavy (non-hydrogen) atoms. The topological polar surface area (TPSA) is 63.8 Å². The van der Waals surface area contributed by atoms with E-state index >= 15 is 0 Å². The molecule has 1 unspecified atom stereocenters. The lowest BCUT2D eigenvalue weighted by molar-refractivity contribution is 0.711. The van der Waals surface area contributed by atoms with Crippen molar-refractivity contribution in [3.8, 4) is 0 Å². The maximum Gasteiger partial charge on any atom is 0.147 e. The third kappa shape index (κ3) is 2.99. The van der Waals surface area contributed by atoms with Crippen LogP contribution in [0.3, 0.4) is 0 Å². The van der Waals surface area contributed by atoms with Gasteiger partial charge in [0.1, 0.15) is 5.82 Å². The number of rotatable bonds is 4. The first-order chi connectivity index (χ1) is 6.24. The molecule has 0 aliphatic heterocycles. The standard InChI is InChI=1S/C9H16N4/c1-7(3-4-10)13-9-8(2)11-5-6-12-9/h5-7H,3-4,10H2,1-2H3,(H,12,13). The van der Waals surface area contributed by atoms with Crippen LogP contribution >= 0.6 is 0 Å². The first kappa shape index (κ1) is 9.92. The third-order valence-electron chi connectivity index (χ3n) is 1.86. The van der Waals surface area contributed by atoms with Gasteiger partial charge in [0.05, 0.1) is 5.69 Å². The zero-order valence-electron chi connectivity index (χ0n) is 8.12. The van der Waals surface area contributed by atoms with E-state index in [0.29, 0.717) is 12.6 Å². The van der Waals surface area contributed by atoms with Crippen LogP contribution in [0.4, 0.5) is 5.82 Å². The van der Waals surface area contributed by atoms with Crippen LogP contribution in [0.1, 0.15) is 19.0 Å². The van der Waals surface area contributed by atoms with Crippen molar-refractivity contribution in [2.75, 3.05) is 11.9 Å². The number of hydrogen-bond donors (Lipinski definition) is 2. The van der Waals surface area contributed by atoms with Gasteiger partial charge in [-0.3, -0.25) is 4.98 Å². The Morgan fingerprint density at radius 2 is 2.15 bits per heavy atom. The lowest BCUT2D eigenvalue weighted by Gasteiger charge is -2.13. The molecular formula is C9H16N4. The van der Waals surface area contributed by atoms with Gasteiger partial charge in [-0.2, -0.15) is 0 Å². The zero-order chi connectivity index (χ0) is 9.68. The fourth-order valence-electron chi connectivity index (χ4n) is 1.10. The first-order valence-corrected chi connectivity index (χ1v) is 4.48. The van der Waals surface area contributed by atoms with Crippen LogP contribution in [0.15, 0.2) is 12.4 Å². The van der Waals surface area contributed by atoms with Crippen LogP contribution < -0.4 is 11.1 Å². The van der Waals surface area contributed by atoms with Gasteiger partial charge in [0.2, 0.25) is 0 Å². The van der Waals surface area contributed by atoms with Crippen LogP contribution in [-0.2, 0) is 0 Å². The van der Waals surface area contributed by atoms with E-state index < -0.39 is 0 Å². The molecule has 0 bridgehead atoms. The number of aryl methyl sites for hydroxylation is 1. The molecule has 0 aromatic carbocycles. The molecule has 0 aliphatic rings. The van der Waals surface area contributed by atoms with Gasteiger partial charge in [-0.15, -0.1) is 0 Å². The summed E-state index contributed by atoms with van der Waals surface area (Å²) in [4.78, 5) is 8.32. The Hall–Kier alpha value is -1.16. The van der Waals surface area contributed by atoms with Crippen molar-refractivity contribution in [3.63, 3.8) is 0 Å². The number of nitrogens with one attached hydrogen (secondary N) is 1. The molecule has 1 aromatic rings. The number of nitrogens with two attached hydrogens (primary N) is 1. The molecule has 1 heterocycles. The van der Waals surface area contributed by atoms with Crippen LogP contribution in [-0.4, -0.2) is 22.6 Å². The maximum absolute atomic E-state index is 5.45. The Labute approximate surface area is 78.6 Å². The van der Waals surface area contributed by atoms with E-state index in [1.807, 2.05) is 6.92 Å². The van der Waals surface area contributed by atoms with Crippen LogP contribution in [0, 0.1) is 6.92 Å². The van der Waals surface area contributed by atoms with Gasteiger partial charge < -0.3 is 11.1 Å². The maximum atomic E-state index is 5.45. The Balaban J connectivity index is 2.58. The Morgan fingerprint density at radius 3 is 2.77 bits per heavy atom. The van der Waals surface area contributed by atoms with Gasteiger partial charge in [0.15, 0.2) is 0 Å². The van der Waals surface area contributed by atoms with Crippen molar-refractivity contribution in [2.24, 2.45) is 5.73 Å². The predicted octanol–water partition coefficient (Wildman–Crippen LogP) is 0.934. The average Bonchev–Trinajstić information content (AvgIpc) is 2.09. The van der Waals surface area contributed by atoms with Gasteiger partial charge in [-0.1, -0.05) is 0 Å². The van der Waals surface area contributed by atoms with E-state index in [0.717, 1.165) is 17.9 Å². The SMILES string of the molecule is Cc1nccnc1NC(C)CCN. The highest BCUT2D eigenvalue weighted by atomic mass is 15.0. The van der Waals surface area contributed by atoms with Crippen molar-refractivity contribution in [1.82, 2.24) is 9.97 Å². The molecule has 1 rings (SSSR count). The van der Waals surface area contributed by atoms with Crippen molar-refractivity contribution in [3.05, 3.63) is 18.1 Å². The summed E-state index contributed by atoms with van der Waals surface area (Å²) in [6.45, 7) is 4.71. The highest BCUT2D eigenvalue weighted by molar-refractivity contribution is 5.39. The lowest BCUT2D eigenvalue weighted by Crippen LogP contribution is -2.20. The van der Waals surface area contributed by atoms with Crippen molar-refractivity contribution >= 4 is 5.82 Å². The minimum absolute atomic E-state index is 0.348. The molecule has 0 spiro atoms. The van der Waals surface area contributed by atoms with E-state index in [2.05, 4.69) is 22.2 Å². The van der Waals surface area contributed by atoms with Crippen LogP contribution in [0.25, 0.3) is 0 Å². The molecule has 4 heteroatoms. The van der Waals surface area contributed by atoms with E-state index in [9.17, 15) is 0 Å². The Bertz CT molecular complexity index is 262. The number of anilines is 1. The summed E-state index contributed by atoms with van der Waals surface area (Å²) < 4.78 is 0. The highest BCUT2D eigenvalue weighted by Gasteiger charge is 2.03. The second-order valence-electron chi connectivity index (χ2n) is 3.11. The second kappa shape index (κ2) is 4.77. The Kier molecular flexibility index (Phi) is 3.64. The summed E-state index contributed by atoms with van der Waals surface area (Å²) in [5, 5.41) is 3.26. The van der Waals surface area contributed by atoms with Crippen LogP contribution in [0.2, 0.25) is 0 Å². The minimum Gasteiger partial charge on any atom is -0.366 e. The average molecular weight is 180 g/mol. The van der Waals surface area contributed by atoms with Crippen molar-refractivity contribution in [2.45, 2.75) is 26.3 Å². The normalized spacial score (nSPS) is 12.5. The Morgan fingerprint density at radius 1 is 1.46 bits per heavy atom. The molecule has 1 aromatic heterocycles. The van der Waals surface area contributed by atoms with E-state index in [1.165, 1.54) is 0 Å². The second-order valence-corrected chi connectivity index (χ2v) is 3.11. The van der Waals surface area contributed by atoms with Gasteiger partial charge in [-0.25, -0.2) is 4.98 Å². The van der Waals surface area contributed by atoms with Gasteiger partial charge in [-0.05, 0) is 26.8 Å². The van der Waals surface area contributed by atoms with Crippen LogP contribution in [0.5, 0.6) is 0 Å². The molecule has 3 N–H and O–H groups in total. The molecule has 0 saturated carbocycles. The third-order valence-corrected chi connectivity index (χ3v) is 1.86. The quantitative estimate of drug-likeness (QED) is 0.723. The van der Waals surface area contributed by atoms with E-state index in [-0.39, 0.29) is 0 Å². The molecule has 0 amide bonds. The number of hydrogen-bond acceptors (Lipinski definition) is 4. The number of nitrogens with zero attached hydrogens (tertiary/aromatic N) is 2. The lowest BCUT2D eigenvalue weighted by atomic mass is 10.2. The zero-order valence-corrected chi connectivity index (χ0v) is 8.12. The van der Waals surface area contributed by atoms with E-state index in [4.69, 9.17) is 5.73 Å². The molecular weight excluding hydrogens is 164 g/mol. The molecule has 4 nitrogen and oxygen atoms in total. The fourth-order valence-corrected chi connectivity index (χ4v) is 1.10. The van der Waals surface area contributed by atoms with Gasteiger partial charge in [0, 0.05) is 18.4 Å². The fraction of sp³-hybridized carbons (Fsp3) is 0.556. The summed E-state index contributed by atoms with van der Waals surface area (Å²) in [5.41, 5.74) is 6.37. The molecule has 0 saturated heterocycles. The molecule has 0 radical (unpaired) electrons. The molecule has 72 valence electrons. The number of aromatic nitrogens is 2. The van der Waals surface area contributed by atoms with Gasteiger partial charge in [0.25, 0.3) is 0 Å². The summed E-state index contributed by atoms with van der Waals surface area (Å²) in [7, 11) is 0. The summed E-state index contributed by atoms with van der Waals surface area (Å²) >= 11 is 0. The molecule has 0 aliphatic carbocycles. The molecule has 0 fully saturated rings. The molecule has 1 atom stereocenters. The monoisotopic (exact) mass is 180 g/mol. The highest BCUT2D eigenvalue weighted by Crippen LogP contribution is 2.08. The predicted molar refractivity (Wildman–Crippen MR) is 53.5 cm³/mol. The largest absolute Gasteiger partial charge is 0.366 e. The smallest absolute Gasteiger partial charge is 0.147 e. The summed E-state index contributed by atoms with van der Waals surface area (Å²) in [5.74, 6) is 0.850. The van der Waals surface area contributed by atoms with Gasteiger partial charge >= 0.3 is 0 Å². The summed E-state index contributed by atoms with van der Waals surface area (Å²) in [6.07, 6.45) is 4.31. The first-order valence-electron chi connectivity index (χ1n) is 4.48.